The molecule has 0 unspecified atom stereocenters. The summed E-state index contributed by atoms with van der Waals surface area (Å²) >= 11 is 0. The fourth-order valence-electron chi connectivity index (χ4n) is 2.43. The number of unbranched alkanes of at least 4 members (excludes halogenated alkanes) is 2. The van der Waals surface area contributed by atoms with Crippen molar-refractivity contribution in [3.05, 3.63) is 40.3 Å². The van der Waals surface area contributed by atoms with Crippen molar-refractivity contribution in [2.24, 2.45) is 0 Å². The van der Waals surface area contributed by atoms with Crippen LogP contribution in [-0.2, 0) is 11.3 Å². The molecule has 0 saturated heterocycles. The first-order chi connectivity index (χ1) is 11.5. The molecular weight excluding hydrogens is 310 g/mol. The number of hydrogen-bond acceptors (Lipinski definition) is 4. The van der Waals surface area contributed by atoms with Crippen molar-refractivity contribution in [1.29, 1.82) is 0 Å². The Balaban J connectivity index is 2.36. The molecule has 1 aromatic heterocycles. The normalized spacial score (nSPS) is 10.7. The summed E-state index contributed by atoms with van der Waals surface area (Å²) in [6.07, 6.45) is 2.63. The van der Waals surface area contributed by atoms with Gasteiger partial charge in [-0.05, 0) is 12.5 Å². The van der Waals surface area contributed by atoms with E-state index >= 15 is 0 Å². The summed E-state index contributed by atoms with van der Waals surface area (Å²) in [6, 6.07) is 6.82. The van der Waals surface area contributed by atoms with Gasteiger partial charge in [0.05, 0.1) is 11.8 Å². The van der Waals surface area contributed by atoms with Gasteiger partial charge < -0.3 is 10.4 Å². The van der Waals surface area contributed by atoms with Crippen molar-refractivity contribution in [2.75, 3.05) is 6.54 Å². The fourth-order valence-corrected chi connectivity index (χ4v) is 2.43. The molecule has 0 fully saturated rings. The second-order valence-corrected chi connectivity index (χ2v) is 5.53. The highest BCUT2D eigenvalue weighted by Crippen LogP contribution is 2.13. The molecule has 0 aliphatic rings. The number of nitrogens with zero attached hydrogens (tertiary/aromatic N) is 2. The highest BCUT2D eigenvalue weighted by Gasteiger charge is 2.16. The van der Waals surface area contributed by atoms with Gasteiger partial charge in [-0.3, -0.25) is 14.4 Å². The second-order valence-electron chi connectivity index (χ2n) is 5.53. The standard InChI is InChI=1S/C17H21N3O4/c1-2-3-6-11-20-17(24)13-8-5-4-7-12(13)15(19-20)16(23)18-10-9-14(21)22/h4-5,7-8H,2-3,6,9-11H2,1H3,(H,18,23)(H,21,22). The van der Waals surface area contributed by atoms with Gasteiger partial charge in [-0.25, -0.2) is 4.68 Å². The monoisotopic (exact) mass is 331 g/mol. The lowest BCUT2D eigenvalue weighted by Crippen LogP contribution is -2.31. The average Bonchev–Trinajstić information content (AvgIpc) is 2.56. The molecule has 0 aliphatic heterocycles. The molecule has 0 bridgehead atoms. The Morgan fingerprint density at radius 1 is 1.21 bits per heavy atom. The lowest BCUT2D eigenvalue weighted by Gasteiger charge is -2.11. The van der Waals surface area contributed by atoms with Gasteiger partial charge in [-0.15, -0.1) is 0 Å². The van der Waals surface area contributed by atoms with Crippen LogP contribution in [0.2, 0.25) is 0 Å². The molecule has 7 heteroatoms. The number of carbonyl (C=O) groups excluding carboxylic acids is 1. The molecule has 0 saturated carbocycles. The van der Waals surface area contributed by atoms with Crippen LogP contribution in [0.15, 0.2) is 29.1 Å². The molecule has 1 heterocycles. The molecule has 0 aliphatic carbocycles. The molecule has 2 aromatic rings. The summed E-state index contributed by atoms with van der Waals surface area (Å²) in [6.45, 7) is 2.53. The smallest absolute Gasteiger partial charge is 0.305 e. The first-order valence-corrected chi connectivity index (χ1v) is 8.04. The fraction of sp³-hybridized carbons (Fsp3) is 0.412. The molecule has 1 aromatic carbocycles. The first-order valence-electron chi connectivity index (χ1n) is 8.04. The number of aliphatic carboxylic acids is 1. The van der Waals surface area contributed by atoms with Crippen LogP contribution in [0.3, 0.4) is 0 Å². The van der Waals surface area contributed by atoms with Crippen LogP contribution in [0.25, 0.3) is 10.8 Å². The maximum atomic E-state index is 12.5. The number of carboxylic acids is 1. The van der Waals surface area contributed by atoms with Gasteiger partial charge >= 0.3 is 5.97 Å². The zero-order chi connectivity index (χ0) is 17.5. The van der Waals surface area contributed by atoms with Crippen LogP contribution in [0, 0.1) is 0 Å². The lowest BCUT2D eigenvalue weighted by molar-refractivity contribution is -0.136. The Kier molecular flexibility index (Phi) is 6.06. The number of benzene rings is 1. The van der Waals surface area contributed by atoms with Crippen molar-refractivity contribution in [3.8, 4) is 0 Å². The predicted octanol–water partition coefficient (Wildman–Crippen LogP) is 1.79. The number of aryl methyl sites for hydroxylation is 1. The molecule has 0 spiro atoms. The van der Waals surface area contributed by atoms with E-state index in [-0.39, 0.29) is 24.2 Å². The highest BCUT2D eigenvalue weighted by molar-refractivity contribution is 6.04. The Bertz CT molecular complexity index is 798. The van der Waals surface area contributed by atoms with Crippen LogP contribution in [0.4, 0.5) is 0 Å². The molecule has 0 atom stereocenters. The number of amides is 1. The Labute approximate surface area is 139 Å². The average molecular weight is 331 g/mol. The molecule has 24 heavy (non-hydrogen) atoms. The third-order valence-corrected chi connectivity index (χ3v) is 3.68. The molecule has 2 rings (SSSR count). The van der Waals surface area contributed by atoms with Gasteiger partial charge in [-0.2, -0.15) is 5.10 Å². The van der Waals surface area contributed by atoms with Crippen molar-refractivity contribution in [1.82, 2.24) is 15.1 Å². The van der Waals surface area contributed by atoms with E-state index in [1.165, 1.54) is 4.68 Å². The second kappa shape index (κ2) is 8.24. The summed E-state index contributed by atoms with van der Waals surface area (Å²) in [5.74, 6) is -1.46. The number of rotatable bonds is 8. The number of carboxylic acid groups (broad SMARTS) is 1. The number of hydrogen-bond donors (Lipinski definition) is 2. The van der Waals surface area contributed by atoms with E-state index in [1.54, 1.807) is 24.3 Å². The maximum absolute atomic E-state index is 12.5. The van der Waals surface area contributed by atoms with E-state index in [4.69, 9.17) is 5.11 Å². The largest absolute Gasteiger partial charge is 0.481 e. The summed E-state index contributed by atoms with van der Waals surface area (Å²) in [7, 11) is 0. The third-order valence-electron chi connectivity index (χ3n) is 3.68. The topological polar surface area (TPSA) is 101 Å². The van der Waals surface area contributed by atoms with E-state index in [0.29, 0.717) is 17.3 Å². The van der Waals surface area contributed by atoms with E-state index in [1.807, 2.05) is 0 Å². The minimum atomic E-state index is -0.988. The van der Waals surface area contributed by atoms with Crippen molar-refractivity contribution in [2.45, 2.75) is 39.2 Å². The van der Waals surface area contributed by atoms with E-state index in [2.05, 4.69) is 17.3 Å². The molecule has 0 radical (unpaired) electrons. The Morgan fingerprint density at radius 3 is 2.58 bits per heavy atom. The molecule has 2 N–H and O–H groups in total. The van der Waals surface area contributed by atoms with E-state index in [0.717, 1.165) is 19.3 Å². The molecule has 128 valence electrons. The van der Waals surface area contributed by atoms with Crippen LogP contribution >= 0.6 is 0 Å². The van der Waals surface area contributed by atoms with Gasteiger partial charge in [-0.1, -0.05) is 38.0 Å². The SMILES string of the molecule is CCCCCn1nc(C(=O)NCCC(=O)O)c2ccccc2c1=O. The van der Waals surface area contributed by atoms with E-state index < -0.39 is 11.9 Å². The van der Waals surface area contributed by atoms with Crippen LogP contribution < -0.4 is 10.9 Å². The first kappa shape index (κ1) is 17.7. The van der Waals surface area contributed by atoms with E-state index in [9.17, 15) is 14.4 Å². The zero-order valence-corrected chi connectivity index (χ0v) is 13.6. The summed E-state index contributed by atoms with van der Waals surface area (Å²) in [5.41, 5.74) is -0.0733. The minimum Gasteiger partial charge on any atom is -0.481 e. The molecular formula is C17H21N3O4. The summed E-state index contributed by atoms with van der Waals surface area (Å²) in [5, 5.41) is 16.3. The zero-order valence-electron chi connectivity index (χ0n) is 13.6. The van der Waals surface area contributed by atoms with Crippen molar-refractivity contribution < 1.29 is 14.7 Å². The molecule has 1 amide bonds. The number of fused-ring (bicyclic) bond motifs is 1. The maximum Gasteiger partial charge on any atom is 0.305 e. The Morgan fingerprint density at radius 2 is 1.92 bits per heavy atom. The van der Waals surface area contributed by atoms with Crippen LogP contribution in [-0.4, -0.2) is 33.3 Å². The Hall–Kier alpha value is -2.70. The van der Waals surface area contributed by atoms with Crippen molar-refractivity contribution >= 4 is 22.6 Å². The van der Waals surface area contributed by atoms with Gasteiger partial charge in [0, 0.05) is 18.5 Å². The van der Waals surface area contributed by atoms with Gasteiger partial charge in [0.25, 0.3) is 11.5 Å². The molecule has 7 nitrogen and oxygen atoms in total. The summed E-state index contributed by atoms with van der Waals surface area (Å²) in [4.78, 5) is 35.4. The lowest BCUT2D eigenvalue weighted by atomic mass is 10.1. The highest BCUT2D eigenvalue weighted by atomic mass is 16.4. The van der Waals surface area contributed by atoms with Crippen molar-refractivity contribution in [3.63, 3.8) is 0 Å². The predicted molar refractivity (Wildman–Crippen MR) is 90.1 cm³/mol. The summed E-state index contributed by atoms with van der Waals surface area (Å²) < 4.78 is 1.32. The number of nitrogens with one attached hydrogen (secondary N) is 1. The number of carbonyl (C=O) groups is 2. The van der Waals surface area contributed by atoms with Crippen LogP contribution in [0.1, 0.15) is 43.1 Å². The quantitative estimate of drug-likeness (QED) is 0.718. The van der Waals surface area contributed by atoms with Gasteiger partial charge in [0.15, 0.2) is 5.69 Å². The minimum absolute atomic E-state index is 0.0130. The van der Waals surface area contributed by atoms with Gasteiger partial charge in [0.2, 0.25) is 0 Å². The number of aromatic nitrogens is 2. The van der Waals surface area contributed by atoms with Crippen LogP contribution in [0.5, 0.6) is 0 Å². The third kappa shape index (κ3) is 4.18. The van der Waals surface area contributed by atoms with Gasteiger partial charge in [0.1, 0.15) is 0 Å².